The Labute approximate surface area is 251 Å². The Morgan fingerprint density at radius 3 is 2.29 bits per heavy atom. The number of hydrogen-bond donors (Lipinski definition) is 2. The zero-order chi connectivity index (χ0) is 30.3. The van der Waals surface area contributed by atoms with Crippen molar-refractivity contribution in [1.29, 1.82) is 0 Å². The number of rotatable bonds is 7. The Bertz CT molecular complexity index is 1680. The minimum absolute atomic E-state index is 0.114. The highest BCUT2D eigenvalue weighted by molar-refractivity contribution is 7.98. The minimum Gasteiger partial charge on any atom is -0.349 e. The fourth-order valence-electron chi connectivity index (χ4n) is 6.59. The van der Waals surface area contributed by atoms with Crippen molar-refractivity contribution in [3.8, 4) is 11.3 Å². The summed E-state index contributed by atoms with van der Waals surface area (Å²) in [7, 11) is -5.79. The van der Waals surface area contributed by atoms with Gasteiger partial charge in [0.05, 0.1) is 31.7 Å². The molecule has 0 spiro atoms. The molecule has 5 rings (SSSR count). The van der Waals surface area contributed by atoms with Gasteiger partial charge in [-0.15, -0.1) is 0 Å². The summed E-state index contributed by atoms with van der Waals surface area (Å²) in [6.45, 7) is 8.79. The van der Waals surface area contributed by atoms with E-state index in [-0.39, 0.29) is 29.0 Å². The van der Waals surface area contributed by atoms with Gasteiger partial charge in [0.25, 0.3) is 5.91 Å². The van der Waals surface area contributed by atoms with Crippen LogP contribution in [0.15, 0.2) is 47.4 Å². The van der Waals surface area contributed by atoms with E-state index in [9.17, 15) is 17.4 Å². The van der Waals surface area contributed by atoms with Gasteiger partial charge in [-0.05, 0) is 88.1 Å². The van der Waals surface area contributed by atoms with Crippen LogP contribution in [0.2, 0.25) is 0 Å². The maximum atomic E-state index is 13.9. The number of fused-ring (bicyclic) bond motifs is 1. The first-order valence-electron chi connectivity index (χ1n) is 15.1. The molecule has 1 aliphatic carbocycles. The average Bonchev–Trinajstić information content (AvgIpc) is 3.24. The summed E-state index contributed by atoms with van der Waals surface area (Å²) in [6.07, 6.45) is 6.98. The second-order valence-corrected chi connectivity index (χ2v) is 17.5. The molecule has 1 aromatic heterocycles. The van der Waals surface area contributed by atoms with Crippen LogP contribution in [-0.2, 0) is 26.1 Å². The lowest BCUT2D eigenvalue weighted by Gasteiger charge is -2.26. The molecule has 2 aromatic carbocycles. The van der Waals surface area contributed by atoms with Gasteiger partial charge in [-0.25, -0.2) is 17.3 Å². The predicted molar refractivity (Wildman–Crippen MR) is 174 cm³/mol. The average molecular weight is 612 g/mol. The van der Waals surface area contributed by atoms with Crippen LogP contribution in [0.4, 0.5) is 0 Å². The third-order valence-corrected chi connectivity index (χ3v) is 12.4. The highest BCUT2D eigenvalue weighted by atomic mass is 32.2. The minimum atomic E-state index is -3.01. The molecule has 1 saturated heterocycles. The maximum Gasteiger partial charge on any atom is 0.253 e. The molecular weight excluding hydrogens is 567 g/mol. The van der Waals surface area contributed by atoms with Crippen molar-refractivity contribution < 1.29 is 17.4 Å². The van der Waals surface area contributed by atoms with Crippen molar-refractivity contribution in [2.75, 3.05) is 11.5 Å². The Balaban J connectivity index is 1.58. The van der Waals surface area contributed by atoms with Gasteiger partial charge < -0.3 is 9.88 Å². The van der Waals surface area contributed by atoms with Gasteiger partial charge in [-0.3, -0.25) is 4.79 Å². The fourth-order valence-corrected chi connectivity index (χ4v) is 10.0. The molecule has 7 nitrogen and oxygen atoms in total. The Kier molecular flexibility index (Phi) is 8.67. The Morgan fingerprint density at radius 1 is 1.00 bits per heavy atom. The van der Waals surface area contributed by atoms with Crippen LogP contribution in [-0.4, -0.2) is 52.1 Å². The first-order valence-corrected chi connectivity index (χ1v) is 18.7. The van der Waals surface area contributed by atoms with E-state index < -0.39 is 19.5 Å². The second kappa shape index (κ2) is 11.8. The van der Waals surface area contributed by atoms with E-state index in [0.717, 1.165) is 34.3 Å². The molecule has 2 N–H and O–H groups in total. The molecule has 1 saturated carbocycles. The third-order valence-electron chi connectivity index (χ3n) is 8.65. The topological polar surface area (TPSA) is 97.3 Å². The number of aromatic nitrogens is 1. The molecule has 42 heavy (non-hydrogen) atoms. The Morgan fingerprint density at radius 2 is 1.64 bits per heavy atom. The van der Waals surface area contributed by atoms with E-state index in [1.807, 2.05) is 64.1 Å². The van der Waals surface area contributed by atoms with E-state index >= 15 is 0 Å². The molecule has 9 heteroatoms. The van der Waals surface area contributed by atoms with Crippen LogP contribution in [0.5, 0.6) is 0 Å². The van der Waals surface area contributed by atoms with Crippen LogP contribution in [0.25, 0.3) is 22.0 Å². The van der Waals surface area contributed by atoms with E-state index in [4.69, 9.17) is 0 Å². The summed E-state index contributed by atoms with van der Waals surface area (Å²) in [6, 6.07) is 13.8. The van der Waals surface area contributed by atoms with Crippen LogP contribution in [0, 0.1) is 12.8 Å². The second-order valence-electron chi connectivity index (χ2n) is 13.2. The molecule has 3 aromatic rings. The smallest absolute Gasteiger partial charge is 0.253 e. The quantitative estimate of drug-likeness (QED) is 0.326. The molecule has 1 unspecified atom stereocenters. The monoisotopic (exact) mass is 611 g/mol. The maximum absolute atomic E-state index is 13.9. The molecule has 1 atom stereocenters. The van der Waals surface area contributed by atoms with Crippen molar-refractivity contribution in [1.82, 2.24) is 14.6 Å². The predicted octanol–water partition coefficient (Wildman–Crippen LogP) is 5.88. The largest absolute Gasteiger partial charge is 0.349 e. The molecule has 0 bridgehead atoms. The van der Waals surface area contributed by atoms with Gasteiger partial charge in [0.2, 0.25) is 0 Å². The molecule has 2 fully saturated rings. The highest BCUT2D eigenvalue weighted by Crippen LogP contribution is 2.37. The summed E-state index contributed by atoms with van der Waals surface area (Å²) < 4.78 is 43.2. The van der Waals surface area contributed by atoms with E-state index in [1.165, 1.54) is 32.1 Å². The number of carbonyl (C=O) groups excluding carboxylic acids is 1. The summed E-state index contributed by atoms with van der Waals surface area (Å²) in [4.78, 5) is 14.3. The number of amides is 1. The molecule has 1 amide bonds. The number of sulfone groups is 1. The van der Waals surface area contributed by atoms with Gasteiger partial charge in [-0.2, -0.15) is 0 Å². The Hall–Kier alpha value is -2.62. The molecule has 1 aliphatic heterocycles. The van der Waals surface area contributed by atoms with Crippen LogP contribution < -0.4 is 10.0 Å². The summed E-state index contributed by atoms with van der Waals surface area (Å²) in [5.41, 5.74) is 3.12. The summed E-state index contributed by atoms with van der Waals surface area (Å²) in [5.74, 6) is 4.72. The zero-order valence-corrected chi connectivity index (χ0v) is 27.0. The zero-order valence-electron chi connectivity index (χ0n) is 25.4. The van der Waals surface area contributed by atoms with Crippen molar-refractivity contribution >= 4 is 42.1 Å². The third kappa shape index (κ3) is 6.79. The standard InChI is InChI=1S/C33H45N3O4S2/c1-23-29(32(37)34-25-17-19-42(39,40)20-18-25)21-30(36(23)22-24-11-7-6-8-12-24)27-15-16-31(28-14-10-9-13-26(27)28)41(5,38)35-33(2,3)4/h9-10,13-16,21,24-25H,5-8,11-12,17-20,22H2,1-4H3,(H,34,37)(H,35,38). The lowest BCUT2D eigenvalue weighted by atomic mass is 9.89. The first kappa shape index (κ1) is 30.8. The normalized spacial score (nSPS) is 19.9. The van der Waals surface area contributed by atoms with Crippen molar-refractivity contribution in [2.24, 2.45) is 5.92 Å². The van der Waals surface area contributed by atoms with Gasteiger partial charge in [-0.1, -0.05) is 49.6 Å². The fraction of sp³-hybridized carbons (Fsp3) is 0.515. The van der Waals surface area contributed by atoms with Crippen molar-refractivity contribution in [3.05, 3.63) is 53.7 Å². The molecule has 2 aliphatic rings. The van der Waals surface area contributed by atoms with Crippen molar-refractivity contribution in [3.63, 3.8) is 0 Å². The van der Waals surface area contributed by atoms with Crippen LogP contribution in [0.3, 0.4) is 0 Å². The van der Waals surface area contributed by atoms with Gasteiger partial charge >= 0.3 is 0 Å². The molecule has 2 heterocycles. The van der Waals surface area contributed by atoms with Crippen LogP contribution >= 0.6 is 0 Å². The number of nitrogens with one attached hydrogen (secondary N) is 2. The van der Waals surface area contributed by atoms with Gasteiger partial charge in [0, 0.05) is 35.1 Å². The first-order chi connectivity index (χ1) is 19.7. The number of carbonyl (C=O) groups is 1. The van der Waals surface area contributed by atoms with Crippen molar-refractivity contribution in [2.45, 2.75) is 95.7 Å². The summed E-state index contributed by atoms with van der Waals surface area (Å²) in [5, 5.41) is 4.97. The number of hydrogen-bond acceptors (Lipinski definition) is 4. The molecular formula is C33H45N3O4S2. The van der Waals surface area contributed by atoms with E-state index in [1.54, 1.807) is 0 Å². The number of nitrogens with zero attached hydrogens (tertiary/aromatic N) is 1. The van der Waals surface area contributed by atoms with Gasteiger partial charge in [0.15, 0.2) is 0 Å². The van der Waals surface area contributed by atoms with Gasteiger partial charge in [0.1, 0.15) is 9.84 Å². The summed E-state index contributed by atoms with van der Waals surface area (Å²) >= 11 is 0. The SMILES string of the molecule is C=S(=O)(NC(C)(C)C)c1ccc(-c2cc(C(=O)NC3CCS(=O)(=O)CC3)c(C)n2CC2CCCCC2)c2ccccc12. The molecule has 0 radical (unpaired) electrons. The number of benzene rings is 2. The van der Waals surface area contributed by atoms with E-state index in [0.29, 0.717) is 29.2 Å². The highest BCUT2D eigenvalue weighted by Gasteiger charge is 2.28. The van der Waals surface area contributed by atoms with Crippen LogP contribution in [0.1, 0.15) is 81.8 Å². The molecule has 228 valence electrons. The van der Waals surface area contributed by atoms with E-state index in [2.05, 4.69) is 26.5 Å². The lowest BCUT2D eigenvalue weighted by Crippen LogP contribution is -2.41. The lowest BCUT2D eigenvalue weighted by molar-refractivity contribution is 0.0933.